The lowest BCUT2D eigenvalue weighted by molar-refractivity contribution is 0.247. The van der Waals surface area contributed by atoms with Crippen molar-refractivity contribution in [3.63, 3.8) is 0 Å². The van der Waals surface area contributed by atoms with Crippen LogP contribution in [0.15, 0.2) is 48.5 Å². The second-order valence-electron chi connectivity index (χ2n) is 5.15. The third-order valence-corrected chi connectivity index (χ3v) is 4.16. The summed E-state index contributed by atoms with van der Waals surface area (Å²) in [6.07, 6.45) is 1.89. The zero-order valence-electron chi connectivity index (χ0n) is 11.2. The summed E-state index contributed by atoms with van der Waals surface area (Å²) in [5.41, 5.74) is 1.43. The highest BCUT2D eigenvalue weighted by molar-refractivity contribution is 6.36. The van der Waals surface area contributed by atoms with E-state index in [1.54, 1.807) is 18.2 Å². The predicted octanol–water partition coefficient (Wildman–Crippen LogP) is 4.80. The summed E-state index contributed by atoms with van der Waals surface area (Å²) in [5.74, 6) is 0. The van der Waals surface area contributed by atoms with Gasteiger partial charge in [0.15, 0.2) is 0 Å². The quantitative estimate of drug-likeness (QED) is 0.837. The molecule has 0 radical (unpaired) electrons. The highest BCUT2D eigenvalue weighted by Gasteiger charge is 2.45. The fraction of sp³-hybridized carbons (Fsp3) is 0.188. The first-order valence-electron chi connectivity index (χ1n) is 6.69. The van der Waals surface area contributed by atoms with Crippen LogP contribution in [-0.2, 0) is 5.54 Å². The molecule has 1 aliphatic carbocycles. The lowest BCUT2D eigenvalue weighted by Crippen LogP contribution is -2.38. The smallest absolute Gasteiger partial charge is 0.319 e. The van der Waals surface area contributed by atoms with Crippen molar-refractivity contribution in [2.24, 2.45) is 0 Å². The van der Waals surface area contributed by atoms with Crippen LogP contribution in [0.1, 0.15) is 18.4 Å². The highest BCUT2D eigenvalue weighted by atomic mass is 35.5. The molecule has 0 aromatic heterocycles. The molecule has 2 N–H and O–H groups in total. The van der Waals surface area contributed by atoms with Crippen molar-refractivity contribution < 1.29 is 4.79 Å². The second-order valence-corrected chi connectivity index (χ2v) is 6.00. The molecule has 3 rings (SSSR count). The molecule has 1 fully saturated rings. The van der Waals surface area contributed by atoms with E-state index in [9.17, 15) is 4.79 Å². The van der Waals surface area contributed by atoms with Gasteiger partial charge in [0.25, 0.3) is 0 Å². The summed E-state index contributed by atoms with van der Waals surface area (Å²) < 4.78 is 0. The van der Waals surface area contributed by atoms with Crippen molar-refractivity contribution in [3.8, 4) is 0 Å². The molecule has 0 spiro atoms. The first-order valence-corrected chi connectivity index (χ1v) is 7.44. The molecule has 0 bridgehead atoms. The maximum absolute atomic E-state index is 12.2. The molecule has 0 atom stereocenters. The Bertz CT molecular complexity index is 669. The van der Waals surface area contributed by atoms with Gasteiger partial charge in [0.2, 0.25) is 0 Å². The molecule has 1 saturated carbocycles. The minimum atomic E-state index is -0.263. The number of halogens is 2. The Morgan fingerprint density at radius 3 is 2.38 bits per heavy atom. The lowest BCUT2D eigenvalue weighted by atomic mass is 10.1. The molecule has 3 nitrogen and oxygen atoms in total. The monoisotopic (exact) mass is 320 g/mol. The molecule has 108 valence electrons. The molecule has 0 saturated heterocycles. The maximum Gasteiger partial charge on any atom is 0.319 e. The molecule has 0 unspecified atom stereocenters. The number of nitrogens with one attached hydrogen (secondary N) is 2. The molecule has 2 amide bonds. The van der Waals surface area contributed by atoms with Crippen molar-refractivity contribution >= 4 is 34.9 Å². The summed E-state index contributed by atoms with van der Waals surface area (Å²) in [6, 6.07) is 14.7. The first-order chi connectivity index (χ1) is 10.1. The number of hydrogen-bond donors (Lipinski definition) is 2. The number of amides is 2. The standard InChI is InChI=1S/C16H14Cl2N2O/c17-12-6-7-14(13(18)10-12)19-15(21)20-16(8-9-16)11-4-2-1-3-5-11/h1-7,10H,8-9H2,(H2,19,20,21). The summed E-state index contributed by atoms with van der Waals surface area (Å²) in [4.78, 5) is 12.2. The normalized spacial score (nSPS) is 15.3. The average Bonchev–Trinajstić information content (AvgIpc) is 3.24. The summed E-state index contributed by atoms with van der Waals surface area (Å²) in [6.45, 7) is 0. The SMILES string of the molecule is O=C(Nc1ccc(Cl)cc1Cl)NC1(c2ccccc2)CC1. The van der Waals surface area contributed by atoms with Crippen LogP contribution in [0, 0.1) is 0 Å². The zero-order chi connectivity index (χ0) is 14.9. The second kappa shape index (κ2) is 5.58. The predicted molar refractivity (Wildman–Crippen MR) is 86.0 cm³/mol. The van der Waals surface area contributed by atoms with E-state index in [-0.39, 0.29) is 11.6 Å². The molecule has 0 heterocycles. The van der Waals surface area contributed by atoms with Crippen LogP contribution in [0.4, 0.5) is 10.5 Å². The van der Waals surface area contributed by atoms with Gasteiger partial charge in [-0.1, -0.05) is 53.5 Å². The molecule has 21 heavy (non-hydrogen) atoms. The molecule has 5 heteroatoms. The van der Waals surface area contributed by atoms with E-state index in [0.717, 1.165) is 18.4 Å². The summed E-state index contributed by atoms with van der Waals surface area (Å²) in [7, 11) is 0. The van der Waals surface area contributed by atoms with E-state index in [1.807, 2.05) is 30.3 Å². The van der Waals surface area contributed by atoms with Crippen LogP contribution in [0.5, 0.6) is 0 Å². The number of benzene rings is 2. The van der Waals surface area contributed by atoms with Crippen molar-refractivity contribution in [1.29, 1.82) is 0 Å². The van der Waals surface area contributed by atoms with Gasteiger partial charge in [0.1, 0.15) is 0 Å². The van der Waals surface area contributed by atoms with E-state index < -0.39 is 0 Å². The van der Waals surface area contributed by atoms with Gasteiger partial charge in [0, 0.05) is 5.02 Å². The molecule has 2 aromatic rings. The van der Waals surface area contributed by atoms with Crippen LogP contribution < -0.4 is 10.6 Å². The number of hydrogen-bond acceptors (Lipinski definition) is 1. The highest BCUT2D eigenvalue weighted by Crippen LogP contribution is 2.45. The van der Waals surface area contributed by atoms with E-state index in [0.29, 0.717) is 15.7 Å². The minimum absolute atomic E-state index is 0.246. The van der Waals surface area contributed by atoms with Crippen molar-refractivity contribution in [1.82, 2.24) is 5.32 Å². The fourth-order valence-electron chi connectivity index (χ4n) is 2.33. The van der Waals surface area contributed by atoms with Gasteiger partial charge in [-0.2, -0.15) is 0 Å². The Balaban J connectivity index is 1.70. The molecule has 2 aromatic carbocycles. The van der Waals surface area contributed by atoms with Crippen LogP contribution >= 0.6 is 23.2 Å². The third kappa shape index (κ3) is 3.14. The average molecular weight is 321 g/mol. The van der Waals surface area contributed by atoms with Crippen LogP contribution in [0.25, 0.3) is 0 Å². The first kappa shape index (κ1) is 14.2. The van der Waals surface area contributed by atoms with E-state index in [2.05, 4.69) is 10.6 Å². The van der Waals surface area contributed by atoms with Gasteiger partial charge >= 0.3 is 6.03 Å². The largest absolute Gasteiger partial charge is 0.328 e. The van der Waals surface area contributed by atoms with Gasteiger partial charge in [-0.15, -0.1) is 0 Å². The van der Waals surface area contributed by atoms with Crippen LogP contribution in [-0.4, -0.2) is 6.03 Å². The van der Waals surface area contributed by atoms with Crippen LogP contribution in [0.3, 0.4) is 0 Å². The molecule has 0 aliphatic heterocycles. The summed E-state index contributed by atoms with van der Waals surface area (Å²) in [5, 5.41) is 6.75. The Morgan fingerprint density at radius 1 is 1.05 bits per heavy atom. The zero-order valence-corrected chi connectivity index (χ0v) is 12.7. The van der Waals surface area contributed by atoms with Crippen LogP contribution in [0.2, 0.25) is 10.0 Å². The number of carbonyl (C=O) groups excluding carboxylic acids is 1. The van der Waals surface area contributed by atoms with Gasteiger partial charge in [-0.25, -0.2) is 4.79 Å². The molecular formula is C16H14Cl2N2O. The molecular weight excluding hydrogens is 307 g/mol. The van der Waals surface area contributed by atoms with Gasteiger partial charge in [-0.05, 0) is 36.6 Å². The Morgan fingerprint density at radius 2 is 1.76 bits per heavy atom. The van der Waals surface area contributed by atoms with Gasteiger partial charge in [0.05, 0.1) is 16.2 Å². The van der Waals surface area contributed by atoms with Crippen molar-refractivity contribution in [3.05, 3.63) is 64.1 Å². The summed E-state index contributed by atoms with van der Waals surface area (Å²) >= 11 is 11.9. The number of carbonyl (C=O) groups is 1. The van der Waals surface area contributed by atoms with Crippen molar-refractivity contribution in [2.75, 3.05) is 5.32 Å². The fourth-order valence-corrected chi connectivity index (χ4v) is 2.79. The molecule has 1 aliphatic rings. The van der Waals surface area contributed by atoms with Gasteiger partial charge < -0.3 is 10.6 Å². The van der Waals surface area contributed by atoms with E-state index in [4.69, 9.17) is 23.2 Å². The number of anilines is 1. The number of urea groups is 1. The van der Waals surface area contributed by atoms with E-state index in [1.165, 1.54) is 0 Å². The van der Waals surface area contributed by atoms with Gasteiger partial charge in [-0.3, -0.25) is 0 Å². The Hall–Kier alpha value is -1.71. The minimum Gasteiger partial charge on any atom is -0.328 e. The topological polar surface area (TPSA) is 41.1 Å². The van der Waals surface area contributed by atoms with Crippen molar-refractivity contribution in [2.45, 2.75) is 18.4 Å². The Kier molecular flexibility index (Phi) is 3.79. The lowest BCUT2D eigenvalue weighted by Gasteiger charge is -2.18. The number of rotatable bonds is 3. The maximum atomic E-state index is 12.2. The van der Waals surface area contributed by atoms with E-state index >= 15 is 0 Å². The third-order valence-electron chi connectivity index (χ3n) is 3.61. The Labute approximate surface area is 133 Å².